The third-order valence-electron chi connectivity index (χ3n) is 3.64. The molecule has 2 heterocycles. The van der Waals surface area contributed by atoms with Crippen molar-refractivity contribution in [3.63, 3.8) is 0 Å². The number of rotatable bonds is 4. The third-order valence-corrected chi connectivity index (χ3v) is 5.47. The highest BCUT2D eigenvalue weighted by molar-refractivity contribution is 7.89. The molecule has 0 spiro atoms. The first-order valence-corrected chi connectivity index (χ1v) is 7.90. The van der Waals surface area contributed by atoms with E-state index in [0.717, 1.165) is 6.42 Å². The summed E-state index contributed by atoms with van der Waals surface area (Å²) in [6.45, 7) is 0.959. The van der Waals surface area contributed by atoms with Crippen molar-refractivity contribution in [1.29, 1.82) is 0 Å². The van der Waals surface area contributed by atoms with Crippen LogP contribution in [0.2, 0.25) is 0 Å². The van der Waals surface area contributed by atoms with Gasteiger partial charge in [-0.15, -0.1) is 12.4 Å². The summed E-state index contributed by atoms with van der Waals surface area (Å²) >= 11 is 0. The fourth-order valence-electron chi connectivity index (χ4n) is 2.36. The zero-order valence-corrected chi connectivity index (χ0v) is 13.9. The SMILES string of the molecule is CNC(=O)c1cc(S(=O)(=O)N2CCC(NC)C2)cn1C.Cl. The molecule has 1 atom stereocenters. The number of nitrogens with one attached hydrogen (secondary N) is 2. The summed E-state index contributed by atoms with van der Waals surface area (Å²) in [5.41, 5.74) is 0.329. The molecule has 2 rings (SSSR count). The molecule has 2 N–H and O–H groups in total. The first-order chi connectivity index (χ1) is 9.40. The maximum absolute atomic E-state index is 12.5. The minimum Gasteiger partial charge on any atom is -0.354 e. The minimum absolute atomic E-state index is 0. The lowest BCUT2D eigenvalue weighted by atomic mass is 10.3. The topological polar surface area (TPSA) is 83.4 Å². The third kappa shape index (κ3) is 3.39. The lowest BCUT2D eigenvalue weighted by Crippen LogP contribution is -2.33. The van der Waals surface area contributed by atoms with Gasteiger partial charge in [-0.05, 0) is 19.5 Å². The molecule has 1 aromatic heterocycles. The van der Waals surface area contributed by atoms with E-state index in [-0.39, 0.29) is 29.3 Å². The molecule has 7 nitrogen and oxygen atoms in total. The average Bonchev–Trinajstić information content (AvgIpc) is 3.04. The maximum atomic E-state index is 12.5. The van der Waals surface area contributed by atoms with Gasteiger partial charge in [-0.3, -0.25) is 4.79 Å². The minimum atomic E-state index is -3.53. The van der Waals surface area contributed by atoms with Crippen molar-refractivity contribution in [2.24, 2.45) is 7.05 Å². The van der Waals surface area contributed by atoms with Gasteiger partial charge >= 0.3 is 0 Å². The van der Waals surface area contributed by atoms with E-state index in [2.05, 4.69) is 10.6 Å². The Bertz CT molecular complexity index is 614. The number of carbonyl (C=O) groups is 1. The molecule has 1 aromatic rings. The zero-order chi connectivity index (χ0) is 14.9. The highest BCUT2D eigenvalue weighted by Crippen LogP contribution is 2.22. The Morgan fingerprint density at radius 3 is 2.57 bits per heavy atom. The van der Waals surface area contributed by atoms with Gasteiger partial charge in [0.2, 0.25) is 10.0 Å². The number of amides is 1. The van der Waals surface area contributed by atoms with Crippen LogP contribution in [-0.2, 0) is 17.1 Å². The molecule has 0 aromatic carbocycles. The Morgan fingerprint density at radius 2 is 2.05 bits per heavy atom. The van der Waals surface area contributed by atoms with Crippen molar-refractivity contribution >= 4 is 28.3 Å². The van der Waals surface area contributed by atoms with Gasteiger partial charge in [-0.25, -0.2) is 8.42 Å². The van der Waals surface area contributed by atoms with Crippen molar-refractivity contribution in [2.75, 3.05) is 27.2 Å². The second-order valence-electron chi connectivity index (χ2n) is 4.89. The van der Waals surface area contributed by atoms with E-state index in [4.69, 9.17) is 0 Å². The second-order valence-corrected chi connectivity index (χ2v) is 6.83. The van der Waals surface area contributed by atoms with Gasteiger partial charge in [0.1, 0.15) is 10.6 Å². The van der Waals surface area contributed by atoms with Crippen LogP contribution in [0.5, 0.6) is 0 Å². The van der Waals surface area contributed by atoms with Gasteiger partial charge in [0.15, 0.2) is 0 Å². The molecule has 0 aliphatic carbocycles. The molecule has 1 aliphatic heterocycles. The predicted molar refractivity (Wildman–Crippen MR) is 82.3 cm³/mol. The summed E-state index contributed by atoms with van der Waals surface area (Å²) < 4.78 is 28.0. The number of carbonyl (C=O) groups excluding carboxylic acids is 1. The Morgan fingerprint density at radius 1 is 1.38 bits per heavy atom. The molecule has 0 saturated carbocycles. The fraction of sp³-hybridized carbons (Fsp3) is 0.583. The van der Waals surface area contributed by atoms with E-state index in [9.17, 15) is 13.2 Å². The first kappa shape index (κ1) is 18.0. The van der Waals surface area contributed by atoms with E-state index < -0.39 is 10.0 Å². The maximum Gasteiger partial charge on any atom is 0.267 e. The molecule has 1 fully saturated rings. The summed E-state index contributed by atoms with van der Waals surface area (Å²) in [5.74, 6) is -0.302. The van der Waals surface area contributed by atoms with E-state index in [1.165, 1.54) is 28.2 Å². The van der Waals surface area contributed by atoms with Gasteiger partial charge in [0.05, 0.1) is 0 Å². The van der Waals surface area contributed by atoms with Crippen LogP contribution in [0, 0.1) is 0 Å². The summed E-state index contributed by atoms with van der Waals surface area (Å²) in [5, 5.41) is 5.58. The monoisotopic (exact) mass is 336 g/mol. The van der Waals surface area contributed by atoms with Crippen molar-refractivity contribution in [2.45, 2.75) is 17.4 Å². The van der Waals surface area contributed by atoms with Crippen LogP contribution in [-0.4, -0.2) is 56.4 Å². The van der Waals surface area contributed by atoms with Crippen LogP contribution in [0.1, 0.15) is 16.9 Å². The highest BCUT2D eigenvalue weighted by Gasteiger charge is 2.33. The summed E-state index contributed by atoms with van der Waals surface area (Å²) in [6, 6.07) is 1.60. The van der Waals surface area contributed by atoms with Crippen LogP contribution in [0.25, 0.3) is 0 Å². The molecule has 21 heavy (non-hydrogen) atoms. The standard InChI is InChI=1S/C12H20N4O3S.ClH/c1-13-9-4-5-16(7-9)20(18,19)10-6-11(12(17)14-2)15(3)8-10;/h6,8-9,13H,4-5,7H2,1-3H3,(H,14,17);1H. The summed E-state index contributed by atoms with van der Waals surface area (Å²) in [7, 11) is 1.47. The van der Waals surface area contributed by atoms with Crippen LogP contribution < -0.4 is 10.6 Å². The number of halogens is 1. The Hall–Kier alpha value is -1.09. The molecule has 0 bridgehead atoms. The predicted octanol–water partition coefficient (Wildman–Crippen LogP) is -0.211. The van der Waals surface area contributed by atoms with Gasteiger partial charge in [-0.2, -0.15) is 4.31 Å². The van der Waals surface area contributed by atoms with Crippen molar-refractivity contribution < 1.29 is 13.2 Å². The van der Waals surface area contributed by atoms with Crippen molar-refractivity contribution in [3.05, 3.63) is 18.0 Å². The van der Waals surface area contributed by atoms with Crippen LogP contribution in [0.4, 0.5) is 0 Å². The van der Waals surface area contributed by atoms with E-state index in [1.807, 2.05) is 7.05 Å². The van der Waals surface area contributed by atoms with Gasteiger partial charge < -0.3 is 15.2 Å². The number of sulfonamides is 1. The largest absolute Gasteiger partial charge is 0.354 e. The number of hydrogen-bond donors (Lipinski definition) is 2. The molecular formula is C12H21ClN4O3S. The molecule has 1 aliphatic rings. The molecule has 1 unspecified atom stereocenters. The number of nitrogens with zero attached hydrogens (tertiary/aromatic N) is 2. The smallest absolute Gasteiger partial charge is 0.267 e. The Labute approximate surface area is 131 Å². The Balaban J connectivity index is 0.00000220. The zero-order valence-electron chi connectivity index (χ0n) is 12.3. The second kappa shape index (κ2) is 6.78. The average molecular weight is 337 g/mol. The molecule has 120 valence electrons. The number of likely N-dealkylation sites (N-methyl/N-ethyl adjacent to an activating group) is 1. The van der Waals surface area contributed by atoms with Crippen molar-refractivity contribution in [3.8, 4) is 0 Å². The highest BCUT2D eigenvalue weighted by atomic mass is 35.5. The number of hydrogen-bond acceptors (Lipinski definition) is 4. The van der Waals surface area contributed by atoms with E-state index in [0.29, 0.717) is 18.8 Å². The van der Waals surface area contributed by atoms with Crippen molar-refractivity contribution in [1.82, 2.24) is 19.5 Å². The normalized spacial score (nSPS) is 19.3. The molecular weight excluding hydrogens is 316 g/mol. The lowest BCUT2D eigenvalue weighted by molar-refractivity contribution is 0.0955. The van der Waals surface area contributed by atoms with Gasteiger partial charge in [0.25, 0.3) is 5.91 Å². The summed E-state index contributed by atoms with van der Waals surface area (Å²) in [6.07, 6.45) is 2.28. The van der Waals surface area contributed by atoms with E-state index in [1.54, 1.807) is 7.05 Å². The summed E-state index contributed by atoms with van der Waals surface area (Å²) in [4.78, 5) is 11.8. The quantitative estimate of drug-likeness (QED) is 0.797. The first-order valence-electron chi connectivity index (χ1n) is 6.46. The van der Waals surface area contributed by atoms with Gasteiger partial charge in [-0.1, -0.05) is 0 Å². The Kier molecular flexibility index (Phi) is 5.80. The van der Waals surface area contributed by atoms with Crippen LogP contribution in [0.15, 0.2) is 17.2 Å². The molecule has 0 radical (unpaired) electrons. The molecule has 1 saturated heterocycles. The lowest BCUT2D eigenvalue weighted by Gasteiger charge is -2.15. The number of aryl methyl sites for hydroxylation is 1. The number of aromatic nitrogens is 1. The van der Waals surface area contributed by atoms with Gasteiger partial charge in [0, 0.05) is 39.4 Å². The van der Waals surface area contributed by atoms with Crippen LogP contribution >= 0.6 is 12.4 Å². The molecule has 1 amide bonds. The van der Waals surface area contributed by atoms with E-state index >= 15 is 0 Å². The fourth-order valence-corrected chi connectivity index (χ4v) is 3.93. The molecule has 9 heteroatoms. The van der Waals surface area contributed by atoms with Crippen LogP contribution in [0.3, 0.4) is 0 Å².